The fourth-order valence-electron chi connectivity index (χ4n) is 2.07. The molecule has 3 nitrogen and oxygen atoms in total. The van der Waals surface area contributed by atoms with Crippen LogP contribution in [-0.4, -0.2) is 16.5 Å². The van der Waals surface area contributed by atoms with E-state index in [4.69, 9.17) is 5.73 Å². The van der Waals surface area contributed by atoms with E-state index < -0.39 is 0 Å². The molecule has 2 N–H and O–H groups in total. The van der Waals surface area contributed by atoms with Gasteiger partial charge in [-0.1, -0.05) is 29.8 Å². The molecule has 0 aliphatic heterocycles. The molecule has 0 amide bonds. The second-order valence-corrected chi connectivity index (χ2v) is 5.93. The Kier molecular flexibility index (Phi) is 4.83. The largest absolute Gasteiger partial charge is 0.330 e. The monoisotopic (exact) mass is 337 g/mol. The summed E-state index contributed by atoms with van der Waals surface area (Å²) in [5.74, 6) is 0.777. The molecule has 5 heteroatoms. The zero-order chi connectivity index (χ0) is 14.7. The molecule has 1 heterocycles. The van der Waals surface area contributed by atoms with Gasteiger partial charge in [-0.2, -0.15) is 0 Å². The van der Waals surface area contributed by atoms with E-state index >= 15 is 0 Å². The number of hydrogen-bond donors (Lipinski definition) is 1. The first kappa shape index (κ1) is 15.1. The molecule has 0 radical (unpaired) electrons. The van der Waals surface area contributed by atoms with Crippen molar-refractivity contribution in [2.45, 2.75) is 19.8 Å². The fraction of sp³-hybridized carbons (Fsp3) is 0.333. The number of nitrogens with zero attached hydrogens (tertiary/aromatic N) is 2. The predicted molar refractivity (Wildman–Crippen MR) is 81.8 cm³/mol. The van der Waals surface area contributed by atoms with Crippen molar-refractivity contribution in [3.05, 3.63) is 46.6 Å². The predicted octanol–water partition coefficient (Wildman–Crippen LogP) is 3.74. The highest BCUT2D eigenvalue weighted by Crippen LogP contribution is 2.27. The van der Waals surface area contributed by atoms with Crippen molar-refractivity contribution in [1.29, 1.82) is 0 Å². The summed E-state index contributed by atoms with van der Waals surface area (Å²) in [6.45, 7) is 4.63. The van der Waals surface area contributed by atoms with Crippen LogP contribution in [0.5, 0.6) is 0 Å². The normalized spacial score (nSPS) is 12.7. The highest BCUT2D eigenvalue weighted by Gasteiger charge is 2.18. The molecule has 0 saturated heterocycles. The molecule has 1 unspecified atom stereocenters. The van der Waals surface area contributed by atoms with E-state index in [2.05, 4.69) is 39.7 Å². The van der Waals surface area contributed by atoms with Crippen LogP contribution in [0.25, 0.3) is 11.3 Å². The van der Waals surface area contributed by atoms with E-state index in [1.165, 1.54) is 6.07 Å². The highest BCUT2D eigenvalue weighted by molar-refractivity contribution is 9.10. The first-order valence-corrected chi connectivity index (χ1v) is 7.30. The molecule has 0 saturated carbocycles. The van der Waals surface area contributed by atoms with Gasteiger partial charge in [0.2, 0.25) is 0 Å². The molecule has 0 spiro atoms. The molecule has 20 heavy (non-hydrogen) atoms. The van der Waals surface area contributed by atoms with Crippen molar-refractivity contribution in [2.75, 3.05) is 6.54 Å². The van der Waals surface area contributed by atoms with Gasteiger partial charge < -0.3 is 5.73 Å². The van der Waals surface area contributed by atoms with Gasteiger partial charge in [0.05, 0.1) is 5.69 Å². The lowest BCUT2D eigenvalue weighted by Crippen LogP contribution is -2.20. The Balaban J connectivity index is 2.46. The van der Waals surface area contributed by atoms with Crippen molar-refractivity contribution >= 4 is 15.9 Å². The topological polar surface area (TPSA) is 51.8 Å². The molecule has 0 aliphatic rings. The van der Waals surface area contributed by atoms with Crippen LogP contribution < -0.4 is 5.73 Å². The van der Waals surface area contributed by atoms with Crippen molar-refractivity contribution < 1.29 is 4.39 Å². The smallest absolute Gasteiger partial charge is 0.133 e. The van der Waals surface area contributed by atoms with Gasteiger partial charge in [-0.25, -0.2) is 14.4 Å². The van der Waals surface area contributed by atoms with Gasteiger partial charge in [-0.05, 0) is 30.2 Å². The van der Waals surface area contributed by atoms with Gasteiger partial charge in [0.15, 0.2) is 0 Å². The number of rotatable bonds is 4. The maximum absolute atomic E-state index is 13.9. The first-order chi connectivity index (χ1) is 9.52. The van der Waals surface area contributed by atoms with Gasteiger partial charge in [-0.15, -0.1) is 0 Å². The Morgan fingerprint density at radius 2 is 2.05 bits per heavy atom. The summed E-state index contributed by atoms with van der Waals surface area (Å²) >= 11 is 3.35. The first-order valence-electron chi connectivity index (χ1n) is 6.51. The highest BCUT2D eigenvalue weighted by atomic mass is 79.9. The fourth-order valence-corrected chi connectivity index (χ4v) is 2.43. The van der Waals surface area contributed by atoms with Gasteiger partial charge in [-0.3, -0.25) is 0 Å². The number of benzene rings is 1. The summed E-state index contributed by atoms with van der Waals surface area (Å²) in [5.41, 5.74) is 6.82. The van der Waals surface area contributed by atoms with E-state index in [0.717, 1.165) is 4.47 Å². The molecule has 0 fully saturated rings. The molecule has 106 valence electrons. The molecule has 2 rings (SSSR count). The summed E-state index contributed by atoms with van der Waals surface area (Å²) in [6.07, 6.45) is 1.66. The zero-order valence-electron chi connectivity index (χ0n) is 11.5. The van der Waals surface area contributed by atoms with Crippen LogP contribution in [0.1, 0.15) is 25.6 Å². The molecule has 0 aliphatic carbocycles. The van der Waals surface area contributed by atoms with Crippen molar-refractivity contribution in [1.82, 2.24) is 9.97 Å². The van der Waals surface area contributed by atoms with Crippen molar-refractivity contribution in [2.24, 2.45) is 11.7 Å². The number of aromatic nitrogens is 2. The average Bonchev–Trinajstić information content (AvgIpc) is 2.42. The van der Waals surface area contributed by atoms with Crippen molar-refractivity contribution in [3.8, 4) is 11.3 Å². The lowest BCUT2D eigenvalue weighted by Gasteiger charge is -2.17. The Hall–Kier alpha value is -1.33. The van der Waals surface area contributed by atoms with Crippen LogP contribution in [0, 0.1) is 11.7 Å². The van der Waals surface area contributed by atoms with E-state index in [1.807, 2.05) is 0 Å². The molecule has 1 atom stereocenters. The quantitative estimate of drug-likeness (QED) is 0.924. The van der Waals surface area contributed by atoms with Gasteiger partial charge >= 0.3 is 0 Å². The van der Waals surface area contributed by atoms with E-state index in [1.54, 1.807) is 24.4 Å². The van der Waals surface area contributed by atoms with Crippen LogP contribution in [0.3, 0.4) is 0 Å². The Morgan fingerprint density at radius 3 is 2.70 bits per heavy atom. The molecule has 0 bridgehead atoms. The number of nitrogens with two attached hydrogens (primary N) is 1. The molecular formula is C15H17BrFN3. The Morgan fingerprint density at radius 1 is 1.30 bits per heavy atom. The lowest BCUT2D eigenvalue weighted by molar-refractivity contribution is 0.483. The third-order valence-corrected chi connectivity index (χ3v) is 3.76. The molecule has 1 aromatic heterocycles. The Bertz CT molecular complexity index is 601. The second kappa shape index (κ2) is 6.41. The number of hydrogen-bond acceptors (Lipinski definition) is 3. The molecular weight excluding hydrogens is 321 g/mol. The van der Waals surface area contributed by atoms with Crippen LogP contribution >= 0.6 is 15.9 Å². The van der Waals surface area contributed by atoms with E-state index in [9.17, 15) is 4.39 Å². The summed E-state index contributed by atoms with van der Waals surface area (Å²) in [5, 5.41) is 0. The zero-order valence-corrected chi connectivity index (χ0v) is 13.1. The average molecular weight is 338 g/mol. The Labute approximate surface area is 126 Å². The van der Waals surface area contributed by atoms with E-state index in [0.29, 0.717) is 29.5 Å². The van der Waals surface area contributed by atoms with Gasteiger partial charge in [0.25, 0.3) is 0 Å². The maximum atomic E-state index is 13.9. The summed E-state index contributed by atoms with van der Waals surface area (Å²) in [7, 11) is 0. The third-order valence-electron chi connectivity index (χ3n) is 3.27. The standard InChI is InChI=1S/C15H17BrFN3/c1-9(2)12(8-18)15-19-6-5-14(20-15)11-7-10(16)3-4-13(11)17/h3-7,9,12H,8,18H2,1-2H3. The summed E-state index contributed by atoms with van der Waals surface area (Å²) in [6, 6.07) is 6.51. The summed E-state index contributed by atoms with van der Waals surface area (Å²) in [4.78, 5) is 8.77. The van der Waals surface area contributed by atoms with Crippen LogP contribution in [0.15, 0.2) is 34.9 Å². The maximum Gasteiger partial charge on any atom is 0.133 e. The second-order valence-electron chi connectivity index (χ2n) is 5.01. The minimum Gasteiger partial charge on any atom is -0.330 e. The number of halogens is 2. The molecule has 2 aromatic rings. The van der Waals surface area contributed by atoms with Gasteiger partial charge in [0, 0.05) is 28.7 Å². The van der Waals surface area contributed by atoms with E-state index in [-0.39, 0.29) is 11.7 Å². The lowest BCUT2D eigenvalue weighted by atomic mass is 9.95. The molecule has 1 aromatic carbocycles. The minimum absolute atomic E-state index is 0.0742. The van der Waals surface area contributed by atoms with Crippen molar-refractivity contribution in [3.63, 3.8) is 0 Å². The minimum atomic E-state index is -0.299. The third kappa shape index (κ3) is 3.22. The van der Waals surface area contributed by atoms with Crippen LogP contribution in [-0.2, 0) is 0 Å². The van der Waals surface area contributed by atoms with Gasteiger partial charge in [0.1, 0.15) is 11.6 Å². The van der Waals surface area contributed by atoms with Crippen LogP contribution in [0.2, 0.25) is 0 Å². The summed E-state index contributed by atoms with van der Waals surface area (Å²) < 4.78 is 14.7. The SMILES string of the molecule is CC(C)C(CN)c1nccc(-c2cc(Br)ccc2F)n1. The van der Waals surface area contributed by atoms with Crippen LogP contribution in [0.4, 0.5) is 4.39 Å².